The van der Waals surface area contributed by atoms with Gasteiger partial charge in [0.25, 0.3) is 5.69 Å². The monoisotopic (exact) mass is 553 g/mol. The Hall–Kier alpha value is -4.99. The number of carboxylic acid groups (broad SMARTS) is 1. The van der Waals surface area contributed by atoms with Crippen LogP contribution in [0.1, 0.15) is 38.6 Å². The van der Waals surface area contributed by atoms with Gasteiger partial charge in [0.2, 0.25) is 5.91 Å². The summed E-state index contributed by atoms with van der Waals surface area (Å²) < 4.78 is 0. The van der Waals surface area contributed by atoms with E-state index in [1.54, 1.807) is 37.1 Å². The Kier molecular flexibility index (Phi) is 7.82. The van der Waals surface area contributed by atoms with E-state index in [9.17, 15) is 24.8 Å². The van der Waals surface area contributed by atoms with Crippen molar-refractivity contribution in [2.75, 3.05) is 6.54 Å². The molecule has 1 fully saturated rings. The van der Waals surface area contributed by atoms with Gasteiger partial charge in [-0.25, -0.2) is 9.78 Å². The van der Waals surface area contributed by atoms with Crippen LogP contribution in [0.4, 0.5) is 10.5 Å². The number of imidazole rings is 1. The van der Waals surface area contributed by atoms with Crippen LogP contribution in [0.15, 0.2) is 79.0 Å². The molecular formula is C31H31N5O5. The first-order chi connectivity index (χ1) is 19.7. The minimum absolute atomic E-state index is 0.000766. The molecule has 0 unspecified atom stereocenters. The van der Waals surface area contributed by atoms with Gasteiger partial charge in [0.05, 0.1) is 28.4 Å². The highest BCUT2D eigenvalue weighted by Crippen LogP contribution is 2.36. The first kappa shape index (κ1) is 27.6. The summed E-state index contributed by atoms with van der Waals surface area (Å²) in [5.74, 6) is 0.0996. The maximum atomic E-state index is 13.3. The van der Waals surface area contributed by atoms with Crippen LogP contribution in [0.2, 0.25) is 0 Å². The van der Waals surface area contributed by atoms with Crippen LogP contribution < -0.4 is 5.32 Å². The lowest BCUT2D eigenvalue weighted by atomic mass is 9.97. The number of likely N-dealkylation sites (tertiary alicyclic amines) is 1. The van der Waals surface area contributed by atoms with Crippen LogP contribution in [0.25, 0.3) is 33.5 Å². The number of H-pyrrole nitrogens is 1. The van der Waals surface area contributed by atoms with Gasteiger partial charge < -0.3 is 20.3 Å². The first-order valence-corrected chi connectivity index (χ1v) is 13.5. The summed E-state index contributed by atoms with van der Waals surface area (Å²) in [6, 6.07) is 21.3. The van der Waals surface area contributed by atoms with Crippen molar-refractivity contribution in [3.63, 3.8) is 0 Å². The summed E-state index contributed by atoms with van der Waals surface area (Å²) >= 11 is 0. The maximum Gasteiger partial charge on any atom is 0.405 e. The smallest absolute Gasteiger partial charge is 0.405 e. The number of hydrogen-bond donors (Lipinski definition) is 3. The van der Waals surface area contributed by atoms with Crippen LogP contribution in [0, 0.1) is 16.0 Å². The second kappa shape index (κ2) is 11.6. The molecule has 1 aliphatic rings. The lowest BCUT2D eigenvalue weighted by Gasteiger charge is -2.29. The maximum absolute atomic E-state index is 13.3. The van der Waals surface area contributed by atoms with E-state index in [0.29, 0.717) is 30.0 Å². The number of nitrogens with one attached hydrogen (secondary N) is 2. The SMILES string of the molecule is CC(C)[C@H](NC(=O)O)C(=O)N1CCC[C@H]1c1ncc(-c2ccc([N+](=O)[O-])c(-c3ccc(-c4ccccc4)cc3)c2)[nH]1. The van der Waals surface area contributed by atoms with Crippen molar-refractivity contribution in [2.45, 2.75) is 38.8 Å². The van der Waals surface area contributed by atoms with Crippen LogP contribution in [-0.2, 0) is 4.79 Å². The summed E-state index contributed by atoms with van der Waals surface area (Å²) in [7, 11) is 0. The number of nitrogens with zero attached hydrogens (tertiary/aromatic N) is 3. The fourth-order valence-corrected chi connectivity index (χ4v) is 5.36. The molecule has 3 N–H and O–H groups in total. The Balaban J connectivity index is 1.43. The van der Waals surface area contributed by atoms with Crippen molar-refractivity contribution in [3.05, 3.63) is 94.9 Å². The minimum Gasteiger partial charge on any atom is -0.465 e. The summed E-state index contributed by atoms with van der Waals surface area (Å²) in [4.78, 5) is 45.6. The second-order valence-electron chi connectivity index (χ2n) is 10.5. The highest BCUT2D eigenvalue weighted by Gasteiger charge is 2.37. The summed E-state index contributed by atoms with van der Waals surface area (Å²) in [6.07, 6.45) is 1.88. The van der Waals surface area contributed by atoms with Gasteiger partial charge in [-0.15, -0.1) is 0 Å². The predicted molar refractivity (Wildman–Crippen MR) is 155 cm³/mol. The number of hydrogen-bond acceptors (Lipinski definition) is 5. The van der Waals surface area contributed by atoms with Crippen molar-refractivity contribution in [1.82, 2.24) is 20.2 Å². The zero-order chi connectivity index (χ0) is 29.1. The van der Waals surface area contributed by atoms with E-state index >= 15 is 0 Å². The highest BCUT2D eigenvalue weighted by atomic mass is 16.6. The van der Waals surface area contributed by atoms with E-state index < -0.39 is 12.1 Å². The number of rotatable bonds is 8. The number of aromatic amines is 1. The number of nitro benzene ring substituents is 1. The molecule has 5 rings (SSSR count). The number of amides is 2. The van der Waals surface area contributed by atoms with Crippen LogP contribution >= 0.6 is 0 Å². The Labute approximate surface area is 237 Å². The third kappa shape index (κ3) is 5.81. The number of carbonyl (C=O) groups is 2. The second-order valence-corrected chi connectivity index (χ2v) is 10.5. The molecule has 3 aromatic carbocycles. The molecule has 2 heterocycles. The van der Waals surface area contributed by atoms with Gasteiger partial charge in [0, 0.05) is 18.2 Å². The first-order valence-electron chi connectivity index (χ1n) is 13.5. The fraction of sp³-hybridized carbons (Fsp3) is 0.258. The molecule has 1 saturated heterocycles. The van der Waals surface area contributed by atoms with Crippen molar-refractivity contribution < 1.29 is 19.6 Å². The molecule has 0 saturated carbocycles. The molecule has 1 aliphatic heterocycles. The van der Waals surface area contributed by atoms with Gasteiger partial charge in [0.15, 0.2) is 0 Å². The van der Waals surface area contributed by atoms with Crippen molar-refractivity contribution >= 4 is 17.7 Å². The minimum atomic E-state index is -1.24. The molecule has 41 heavy (non-hydrogen) atoms. The molecule has 2 atom stereocenters. The van der Waals surface area contributed by atoms with Crippen LogP contribution in [-0.4, -0.2) is 49.5 Å². The average Bonchev–Trinajstić information content (AvgIpc) is 3.66. The fourth-order valence-electron chi connectivity index (χ4n) is 5.36. The molecule has 0 spiro atoms. The molecule has 10 heteroatoms. The Morgan fingerprint density at radius 1 is 1.02 bits per heavy atom. The normalized spacial score (nSPS) is 15.6. The van der Waals surface area contributed by atoms with Gasteiger partial charge in [-0.05, 0) is 47.6 Å². The van der Waals surface area contributed by atoms with Crippen molar-refractivity contribution in [2.24, 2.45) is 5.92 Å². The molecular weight excluding hydrogens is 522 g/mol. The van der Waals surface area contributed by atoms with E-state index in [2.05, 4.69) is 15.3 Å². The van der Waals surface area contributed by atoms with Crippen molar-refractivity contribution in [1.29, 1.82) is 0 Å². The number of carbonyl (C=O) groups excluding carboxylic acids is 1. The van der Waals surface area contributed by atoms with Gasteiger partial charge in [-0.2, -0.15) is 0 Å². The van der Waals surface area contributed by atoms with E-state index in [4.69, 9.17) is 0 Å². The quantitative estimate of drug-likeness (QED) is 0.173. The molecule has 2 amide bonds. The lowest BCUT2D eigenvalue weighted by Crippen LogP contribution is -2.50. The number of aromatic nitrogens is 2. The van der Waals surface area contributed by atoms with E-state index in [-0.39, 0.29) is 28.5 Å². The molecule has 0 aliphatic carbocycles. The van der Waals surface area contributed by atoms with Crippen molar-refractivity contribution in [3.8, 4) is 33.5 Å². The molecule has 210 valence electrons. The Bertz CT molecular complexity index is 1570. The molecule has 0 radical (unpaired) electrons. The van der Waals surface area contributed by atoms with E-state index in [1.165, 1.54) is 6.07 Å². The molecule has 4 aromatic rings. The van der Waals surface area contributed by atoms with Gasteiger partial charge in [0.1, 0.15) is 11.9 Å². The standard InChI is InChI=1S/C31H31N5O5/c1-19(2)28(34-31(38)39)30(37)35-16-6-9-27(35)29-32-18-25(33-29)23-14-15-26(36(40)41)24(17-23)22-12-10-21(11-13-22)20-7-4-3-5-8-20/h3-5,7-8,10-15,17-19,27-28,34H,6,9,16H2,1-2H3,(H,32,33)(H,38,39)/t27-,28-/m0/s1. The molecule has 10 nitrogen and oxygen atoms in total. The highest BCUT2D eigenvalue weighted by molar-refractivity contribution is 5.86. The van der Waals surface area contributed by atoms with E-state index in [0.717, 1.165) is 28.7 Å². The Morgan fingerprint density at radius 2 is 1.68 bits per heavy atom. The lowest BCUT2D eigenvalue weighted by molar-refractivity contribution is -0.384. The predicted octanol–water partition coefficient (Wildman–Crippen LogP) is 6.27. The van der Waals surface area contributed by atoms with E-state index in [1.807, 2.05) is 54.6 Å². The van der Waals surface area contributed by atoms with Gasteiger partial charge >= 0.3 is 6.09 Å². The summed E-state index contributed by atoms with van der Waals surface area (Å²) in [5, 5.41) is 23.5. The summed E-state index contributed by atoms with van der Waals surface area (Å²) in [6.45, 7) is 4.11. The zero-order valence-electron chi connectivity index (χ0n) is 22.8. The topological polar surface area (TPSA) is 141 Å². The van der Waals surface area contributed by atoms with Gasteiger partial charge in [-0.3, -0.25) is 14.9 Å². The third-order valence-electron chi connectivity index (χ3n) is 7.47. The molecule has 1 aromatic heterocycles. The zero-order valence-corrected chi connectivity index (χ0v) is 22.8. The van der Waals surface area contributed by atoms with Crippen LogP contribution in [0.3, 0.4) is 0 Å². The Morgan fingerprint density at radius 3 is 2.34 bits per heavy atom. The largest absolute Gasteiger partial charge is 0.465 e. The van der Waals surface area contributed by atoms with Gasteiger partial charge in [-0.1, -0.05) is 68.4 Å². The molecule has 0 bridgehead atoms. The average molecular weight is 554 g/mol. The van der Waals surface area contributed by atoms with Crippen LogP contribution in [0.5, 0.6) is 0 Å². The summed E-state index contributed by atoms with van der Waals surface area (Å²) in [5.41, 5.74) is 4.67. The number of nitro groups is 1. The number of benzene rings is 3. The third-order valence-corrected chi connectivity index (χ3v) is 7.47.